The van der Waals surface area contributed by atoms with Crippen molar-refractivity contribution in [3.8, 4) is 12.3 Å². The molecule has 1 amide bonds. The minimum atomic E-state index is -0.808. The number of rotatable bonds is 5. The van der Waals surface area contributed by atoms with Crippen LogP contribution in [0.5, 0.6) is 0 Å². The molecular formula is C23H18BN7O. The molecule has 154 valence electrons. The summed E-state index contributed by atoms with van der Waals surface area (Å²) in [5, 5.41) is 8.94. The van der Waals surface area contributed by atoms with Gasteiger partial charge < -0.3 is 10.6 Å². The van der Waals surface area contributed by atoms with Crippen LogP contribution in [0.25, 0.3) is 10.9 Å². The third-order valence-electron chi connectivity index (χ3n) is 4.87. The second-order valence-electron chi connectivity index (χ2n) is 7.15. The van der Waals surface area contributed by atoms with Crippen LogP contribution in [0, 0.1) is 19.3 Å². The van der Waals surface area contributed by atoms with E-state index < -0.39 is 6.04 Å². The van der Waals surface area contributed by atoms with E-state index in [0.29, 0.717) is 33.4 Å². The van der Waals surface area contributed by atoms with Crippen LogP contribution in [-0.2, 0) is 6.54 Å². The first kappa shape index (κ1) is 20.9. The van der Waals surface area contributed by atoms with Gasteiger partial charge in [-0.05, 0) is 43.3 Å². The number of aryl methyl sites for hydroxylation is 1. The lowest BCUT2D eigenvalue weighted by Gasteiger charge is -2.27. The van der Waals surface area contributed by atoms with Crippen LogP contribution >= 0.6 is 0 Å². The van der Waals surface area contributed by atoms with E-state index in [-0.39, 0.29) is 18.3 Å². The highest BCUT2D eigenvalue weighted by atomic mass is 16.2. The molecule has 3 aromatic heterocycles. The van der Waals surface area contributed by atoms with Gasteiger partial charge in [-0.15, -0.1) is 6.42 Å². The van der Waals surface area contributed by atoms with E-state index >= 15 is 0 Å². The largest absolute Gasteiger partial charge is 0.384 e. The number of nitrogen functional groups attached to an aromatic ring is 1. The van der Waals surface area contributed by atoms with Gasteiger partial charge in [0.15, 0.2) is 11.9 Å². The van der Waals surface area contributed by atoms with Gasteiger partial charge in [0.05, 0.1) is 23.4 Å². The average Bonchev–Trinajstić information content (AvgIpc) is 2.81. The molecule has 0 fully saturated rings. The molecule has 2 N–H and O–H groups in total. The molecule has 0 aliphatic rings. The van der Waals surface area contributed by atoms with Gasteiger partial charge >= 0.3 is 0 Å². The Morgan fingerprint density at radius 2 is 1.97 bits per heavy atom. The number of benzene rings is 1. The van der Waals surface area contributed by atoms with Crippen molar-refractivity contribution in [3.05, 3.63) is 77.6 Å². The number of carbonyl (C=O) groups is 1. The van der Waals surface area contributed by atoms with E-state index in [1.165, 1.54) is 4.90 Å². The fraction of sp³-hybridized carbons (Fsp3) is 0.130. The number of nitrogens with two attached hydrogens (primary N) is 1. The van der Waals surface area contributed by atoms with Crippen molar-refractivity contribution < 1.29 is 4.79 Å². The maximum Gasteiger partial charge on any atom is 0.255 e. The van der Waals surface area contributed by atoms with Gasteiger partial charge in [0.1, 0.15) is 13.7 Å². The molecule has 0 aliphatic carbocycles. The minimum absolute atomic E-state index is 0.124. The van der Waals surface area contributed by atoms with Crippen LogP contribution in [-0.4, -0.2) is 43.8 Å². The van der Waals surface area contributed by atoms with Crippen LogP contribution in [0.1, 0.15) is 33.6 Å². The zero-order valence-corrected chi connectivity index (χ0v) is 17.3. The second kappa shape index (κ2) is 8.82. The number of pyridine rings is 1. The number of hydrogen-bond donors (Lipinski definition) is 1. The normalized spacial score (nSPS) is 11.6. The summed E-state index contributed by atoms with van der Waals surface area (Å²) in [4.78, 5) is 27.9. The molecule has 0 saturated carbocycles. The van der Waals surface area contributed by atoms with E-state index in [2.05, 4.69) is 31.1 Å². The van der Waals surface area contributed by atoms with Gasteiger partial charge in [-0.3, -0.25) is 4.79 Å². The van der Waals surface area contributed by atoms with Crippen molar-refractivity contribution in [2.24, 2.45) is 0 Å². The third-order valence-corrected chi connectivity index (χ3v) is 4.87. The van der Waals surface area contributed by atoms with E-state index in [1.54, 1.807) is 48.8 Å². The lowest BCUT2D eigenvalue weighted by atomic mass is 9.95. The van der Waals surface area contributed by atoms with Crippen molar-refractivity contribution in [1.82, 2.24) is 30.0 Å². The van der Waals surface area contributed by atoms with Gasteiger partial charge in [-0.25, -0.2) is 15.0 Å². The summed E-state index contributed by atoms with van der Waals surface area (Å²) in [6.07, 6.45) is 8.98. The molecule has 0 saturated heterocycles. The van der Waals surface area contributed by atoms with Crippen LogP contribution in [0.4, 0.5) is 5.82 Å². The number of amides is 1. The van der Waals surface area contributed by atoms with Gasteiger partial charge in [0, 0.05) is 23.3 Å². The number of anilines is 1. The van der Waals surface area contributed by atoms with Crippen molar-refractivity contribution in [3.63, 3.8) is 0 Å². The predicted octanol–water partition coefficient (Wildman–Crippen LogP) is 1.52. The fourth-order valence-electron chi connectivity index (χ4n) is 3.23. The average molecular weight is 419 g/mol. The number of nitrogens with zero attached hydrogens (tertiary/aromatic N) is 6. The van der Waals surface area contributed by atoms with Crippen LogP contribution < -0.4 is 11.2 Å². The summed E-state index contributed by atoms with van der Waals surface area (Å²) in [6, 6.07) is 11.3. The number of fused-ring (bicyclic) bond motifs is 1. The minimum Gasteiger partial charge on any atom is -0.384 e. The van der Waals surface area contributed by atoms with Gasteiger partial charge in [0.2, 0.25) is 0 Å². The summed E-state index contributed by atoms with van der Waals surface area (Å²) in [7, 11) is 5.89. The number of carbonyl (C=O) groups excluding carboxylic acids is 1. The molecule has 0 spiro atoms. The van der Waals surface area contributed by atoms with Crippen LogP contribution in [0.3, 0.4) is 0 Å². The SMILES string of the molecule is [B]c1cc2cc(C(=O)N(Cc3ccc(C)nn3)[C@H](C#C)c3ncccn3)ccc2nc1N. The van der Waals surface area contributed by atoms with Crippen molar-refractivity contribution in [2.45, 2.75) is 19.5 Å². The quantitative estimate of drug-likeness (QED) is 0.386. The first-order valence-corrected chi connectivity index (χ1v) is 9.75. The van der Waals surface area contributed by atoms with Crippen molar-refractivity contribution >= 4 is 35.9 Å². The Morgan fingerprint density at radius 3 is 2.66 bits per heavy atom. The maximum absolute atomic E-state index is 13.6. The number of terminal acetylenes is 1. The van der Waals surface area contributed by atoms with Crippen LogP contribution in [0.15, 0.2) is 54.9 Å². The zero-order chi connectivity index (χ0) is 22.7. The monoisotopic (exact) mass is 419 g/mol. The van der Waals surface area contributed by atoms with Gasteiger partial charge in [-0.1, -0.05) is 17.4 Å². The van der Waals surface area contributed by atoms with Crippen molar-refractivity contribution in [1.29, 1.82) is 0 Å². The van der Waals surface area contributed by atoms with Gasteiger partial charge in [0.25, 0.3) is 5.91 Å². The highest BCUT2D eigenvalue weighted by Crippen LogP contribution is 2.23. The zero-order valence-electron chi connectivity index (χ0n) is 17.3. The first-order chi connectivity index (χ1) is 15.5. The lowest BCUT2D eigenvalue weighted by Crippen LogP contribution is -2.35. The number of aromatic nitrogens is 5. The Kier molecular flexibility index (Phi) is 5.77. The third kappa shape index (κ3) is 4.25. The molecule has 2 radical (unpaired) electrons. The molecule has 8 nitrogen and oxygen atoms in total. The second-order valence-corrected chi connectivity index (χ2v) is 7.15. The summed E-state index contributed by atoms with van der Waals surface area (Å²) in [5.74, 6) is 2.89. The first-order valence-electron chi connectivity index (χ1n) is 9.75. The lowest BCUT2D eigenvalue weighted by molar-refractivity contribution is 0.0694. The Bertz CT molecular complexity index is 1320. The van der Waals surface area contributed by atoms with Crippen LogP contribution in [0.2, 0.25) is 0 Å². The Labute approximate surface area is 186 Å². The molecule has 4 rings (SSSR count). The van der Waals surface area contributed by atoms with Crippen molar-refractivity contribution in [2.75, 3.05) is 5.73 Å². The number of hydrogen-bond acceptors (Lipinski definition) is 7. The molecule has 32 heavy (non-hydrogen) atoms. The smallest absolute Gasteiger partial charge is 0.255 e. The summed E-state index contributed by atoms with van der Waals surface area (Å²) < 4.78 is 0. The fourth-order valence-corrected chi connectivity index (χ4v) is 3.23. The molecule has 4 aromatic rings. The predicted molar refractivity (Wildman–Crippen MR) is 122 cm³/mol. The highest BCUT2D eigenvalue weighted by Gasteiger charge is 2.27. The highest BCUT2D eigenvalue weighted by molar-refractivity contribution is 6.36. The maximum atomic E-state index is 13.6. The summed E-state index contributed by atoms with van der Waals surface area (Å²) >= 11 is 0. The molecule has 9 heteroatoms. The molecule has 1 atom stereocenters. The van der Waals surface area contributed by atoms with Gasteiger partial charge in [-0.2, -0.15) is 10.2 Å². The molecular weight excluding hydrogens is 401 g/mol. The molecule has 0 unspecified atom stereocenters. The standard InChI is InChI=1S/C23H18BN7O/c1-3-20(22-26-9-4-10-27-22)31(13-17-7-5-14(2)29-30-17)23(32)15-6-8-19-16(11-15)12-18(24)21(25)28-19/h1,4-12,20H,13H2,2H3,(H2,25,28)/t20-/m1/s1. The van der Waals surface area contributed by atoms with E-state index in [9.17, 15) is 4.79 Å². The Hall–Kier alpha value is -4.32. The van der Waals surface area contributed by atoms with E-state index in [4.69, 9.17) is 20.0 Å². The van der Waals surface area contributed by atoms with E-state index in [0.717, 1.165) is 5.69 Å². The molecule has 1 aromatic carbocycles. The molecule has 3 heterocycles. The van der Waals surface area contributed by atoms with E-state index in [1.807, 2.05) is 13.0 Å². The Morgan fingerprint density at radius 1 is 1.19 bits per heavy atom. The molecule has 0 bridgehead atoms. The Balaban J connectivity index is 1.77. The molecule has 0 aliphatic heterocycles. The topological polar surface area (TPSA) is 111 Å². The summed E-state index contributed by atoms with van der Waals surface area (Å²) in [6.45, 7) is 1.96. The summed E-state index contributed by atoms with van der Waals surface area (Å²) in [5.41, 5.74) is 8.51.